The summed E-state index contributed by atoms with van der Waals surface area (Å²) in [4.78, 5) is 2.83. The fraction of sp³-hybridized carbons (Fsp3) is 0.375. The summed E-state index contributed by atoms with van der Waals surface area (Å²) in [7, 11) is 0. The van der Waals surface area contributed by atoms with Crippen molar-refractivity contribution in [3.05, 3.63) is 56.2 Å². The molecule has 1 N–H and O–H groups in total. The van der Waals surface area contributed by atoms with Crippen LogP contribution >= 0.6 is 22.9 Å². The third-order valence-corrected chi connectivity index (χ3v) is 4.51. The highest BCUT2D eigenvalue weighted by Gasteiger charge is 2.06. The molecule has 1 nitrogen and oxygen atoms in total. The zero-order chi connectivity index (χ0) is 13.8. The fourth-order valence-electron chi connectivity index (χ4n) is 2.11. The zero-order valence-electron chi connectivity index (χ0n) is 11.7. The van der Waals surface area contributed by atoms with Crippen LogP contribution in [0.2, 0.25) is 5.02 Å². The molecule has 1 aromatic carbocycles. The lowest BCUT2D eigenvalue weighted by molar-refractivity contribution is 0.547. The molecular formula is C16H20ClNS. The fourth-order valence-corrected chi connectivity index (χ4v) is 3.36. The highest BCUT2D eigenvalue weighted by Crippen LogP contribution is 2.18. The molecular weight excluding hydrogens is 274 g/mol. The number of halogens is 1. The van der Waals surface area contributed by atoms with Gasteiger partial charge in [0.2, 0.25) is 0 Å². The van der Waals surface area contributed by atoms with Gasteiger partial charge in [-0.1, -0.05) is 17.7 Å². The first-order valence-corrected chi connectivity index (χ1v) is 7.78. The maximum atomic E-state index is 5.97. The Hall–Kier alpha value is -0.830. The Labute approximate surface area is 124 Å². The number of hydrogen-bond donors (Lipinski definition) is 1. The van der Waals surface area contributed by atoms with Crippen LogP contribution in [0, 0.1) is 13.8 Å². The van der Waals surface area contributed by atoms with Crippen molar-refractivity contribution in [1.82, 2.24) is 5.32 Å². The monoisotopic (exact) mass is 293 g/mol. The molecule has 1 atom stereocenters. The summed E-state index contributed by atoms with van der Waals surface area (Å²) >= 11 is 7.86. The SMILES string of the molecule is Cc1ccc(CC(C)NCc2ccc(Cl)cc2C)s1. The van der Waals surface area contributed by atoms with E-state index < -0.39 is 0 Å². The van der Waals surface area contributed by atoms with Gasteiger partial charge < -0.3 is 5.32 Å². The molecule has 2 rings (SSSR count). The first-order chi connectivity index (χ1) is 9.04. The lowest BCUT2D eigenvalue weighted by Crippen LogP contribution is -2.27. The summed E-state index contributed by atoms with van der Waals surface area (Å²) in [6.07, 6.45) is 1.09. The van der Waals surface area contributed by atoms with Crippen molar-refractivity contribution in [2.75, 3.05) is 0 Å². The molecule has 1 aromatic heterocycles. The highest BCUT2D eigenvalue weighted by atomic mass is 35.5. The zero-order valence-corrected chi connectivity index (χ0v) is 13.2. The minimum Gasteiger partial charge on any atom is -0.310 e. The van der Waals surface area contributed by atoms with Crippen LogP contribution in [0.25, 0.3) is 0 Å². The van der Waals surface area contributed by atoms with Gasteiger partial charge in [0.15, 0.2) is 0 Å². The molecule has 1 heterocycles. The van der Waals surface area contributed by atoms with E-state index in [2.05, 4.69) is 44.3 Å². The molecule has 2 aromatic rings. The molecule has 3 heteroatoms. The number of aryl methyl sites for hydroxylation is 2. The minimum absolute atomic E-state index is 0.480. The molecule has 102 valence electrons. The Morgan fingerprint density at radius 1 is 1.21 bits per heavy atom. The minimum atomic E-state index is 0.480. The van der Waals surface area contributed by atoms with Crippen molar-refractivity contribution >= 4 is 22.9 Å². The Bertz CT molecular complexity index is 547. The van der Waals surface area contributed by atoms with Crippen molar-refractivity contribution < 1.29 is 0 Å². The van der Waals surface area contributed by atoms with Crippen molar-refractivity contribution in [1.29, 1.82) is 0 Å². The molecule has 0 fully saturated rings. The summed E-state index contributed by atoms with van der Waals surface area (Å²) in [5, 5.41) is 4.39. The quantitative estimate of drug-likeness (QED) is 0.839. The van der Waals surface area contributed by atoms with Gasteiger partial charge in [0.25, 0.3) is 0 Å². The van der Waals surface area contributed by atoms with Gasteiger partial charge in [0, 0.05) is 27.4 Å². The van der Waals surface area contributed by atoms with Crippen molar-refractivity contribution in [3.63, 3.8) is 0 Å². The van der Waals surface area contributed by atoms with Crippen LogP contribution in [0.5, 0.6) is 0 Å². The van der Waals surface area contributed by atoms with E-state index in [4.69, 9.17) is 11.6 Å². The standard InChI is InChI=1S/C16H20ClNS/c1-11-8-15(17)6-5-14(11)10-18-12(2)9-16-7-4-13(3)19-16/h4-8,12,18H,9-10H2,1-3H3. The first-order valence-electron chi connectivity index (χ1n) is 6.58. The van der Waals surface area contributed by atoms with E-state index in [1.807, 2.05) is 23.5 Å². The molecule has 0 aliphatic carbocycles. The van der Waals surface area contributed by atoms with Gasteiger partial charge in [-0.25, -0.2) is 0 Å². The summed E-state index contributed by atoms with van der Waals surface area (Å²) in [6.45, 7) is 7.40. The van der Waals surface area contributed by atoms with E-state index in [9.17, 15) is 0 Å². The molecule has 1 unspecified atom stereocenters. The number of thiophene rings is 1. The predicted molar refractivity (Wildman–Crippen MR) is 85.3 cm³/mol. The summed E-state index contributed by atoms with van der Waals surface area (Å²) in [5.74, 6) is 0. The molecule has 0 saturated heterocycles. The lowest BCUT2D eigenvalue weighted by Gasteiger charge is -2.14. The molecule has 0 aliphatic heterocycles. The van der Waals surface area contributed by atoms with Gasteiger partial charge in [-0.2, -0.15) is 0 Å². The topological polar surface area (TPSA) is 12.0 Å². The molecule has 0 spiro atoms. The second kappa shape index (κ2) is 6.56. The summed E-state index contributed by atoms with van der Waals surface area (Å²) in [5.41, 5.74) is 2.57. The number of benzene rings is 1. The number of rotatable bonds is 5. The first kappa shape index (κ1) is 14.6. The van der Waals surface area contributed by atoms with Crippen LogP contribution in [0.15, 0.2) is 30.3 Å². The van der Waals surface area contributed by atoms with Crippen LogP contribution in [0.1, 0.15) is 27.8 Å². The van der Waals surface area contributed by atoms with Crippen LogP contribution in [0.4, 0.5) is 0 Å². The smallest absolute Gasteiger partial charge is 0.0408 e. The average molecular weight is 294 g/mol. The Morgan fingerprint density at radius 2 is 2.00 bits per heavy atom. The van der Waals surface area contributed by atoms with Crippen LogP contribution in [-0.4, -0.2) is 6.04 Å². The summed E-state index contributed by atoms with van der Waals surface area (Å²) in [6, 6.07) is 11.0. The van der Waals surface area contributed by atoms with Crippen molar-refractivity contribution in [3.8, 4) is 0 Å². The Balaban J connectivity index is 1.87. The van der Waals surface area contributed by atoms with Gasteiger partial charge in [0.1, 0.15) is 0 Å². The largest absolute Gasteiger partial charge is 0.310 e. The van der Waals surface area contributed by atoms with Gasteiger partial charge in [-0.15, -0.1) is 11.3 Å². The van der Waals surface area contributed by atoms with E-state index in [1.54, 1.807) is 0 Å². The van der Waals surface area contributed by atoms with Gasteiger partial charge in [-0.3, -0.25) is 0 Å². The molecule has 0 bridgehead atoms. The second-order valence-corrected chi connectivity index (χ2v) is 6.88. The maximum Gasteiger partial charge on any atom is 0.0408 e. The van der Waals surface area contributed by atoms with E-state index in [0.29, 0.717) is 6.04 Å². The third-order valence-electron chi connectivity index (χ3n) is 3.25. The van der Waals surface area contributed by atoms with Crippen molar-refractivity contribution in [2.45, 2.75) is 39.8 Å². The van der Waals surface area contributed by atoms with Gasteiger partial charge >= 0.3 is 0 Å². The highest BCUT2D eigenvalue weighted by molar-refractivity contribution is 7.11. The van der Waals surface area contributed by atoms with Crippen LogP contribution in [0.3, 0.4) is 0 Å². The molecule has 0 amide bonds. The lowest BCUT2D eigenvalue weighted by atomic mass is 10.1. The molecule has 0 aliphatic rings. The average Bonchev–Trinajstić information content (AvgIpc) is 2.73. The second-order valence-electron chi connectivity index (χ2n) is 5.07. The number of nitrogens with one attached hydrogen (secondary N) is 1. The van der Waals surface area contributed by atoms with E-state index >= 15 is 0 Å². The molecule has 0 radical (unpaired) electrons. The van der Waals surface area contributed by atoms with E-state index in [0.717, 1.165) is 18.0 Å². The predicted octanol–water partition coefficient (Wildman–Crippen LogP) is 4.74. The third kappa shape index (κ3) is 4.34. The summed E-state index contributed by atoms with van der Waals surface area (Å²) < 4.78 is 0. The van der Waals surface area contributed by atoms with E-state index in [-0.39, 0.29) is 0 Å². The van der Waals surface area contributed by atoms with Crippen LogP contribution in [-0.2, 0) is 13.0 Å². The molecule has 0 saturated carbocycles. The maximum absolute atomic E-state index is 5.97. The van der Waals surface area contributed by atoms with Crippen molar-refractivity contribution in [2.24, 2.45) is 0 Å². The Kier molecular flexibility index (Phi) is 5.03. The number of hydrogen-bond acceptors (Lipinski definition) is 2. The molecule has 19 heavy (non-hydrogen) atoms. The van der Waals surface area contributed by atoms with E-state index in [1.165, 1.54) is 20.9 Å². The van der Waals surface area contributed by atoms with Gasteiger partial charge in [0.05, 0.1) is 0 Å². The van der Waals surface area contributed by atoms with Gasteiger partial charge in [-0.05, 0) is 62.6 Å². The normalized spacial score (nSPS) is 12.6. The van der Waals surface area contributed by atoms with Crippen LogP contribution < -0.4 is 5.32 Å². The Morgan fingerprint density at radius 3 is 2.63 bits per heavy atom.